The van der Waals surface area contributed by atoms with Crippen molar-refractivity contribution in [3.05, 3.63) is 58.1 Å². The number of benzene rings is 2. The van der Waals surface area contributed by atoms with Gasteiger partial charge in [-0.3, -0.25) is 0 Å². The van der Waals surface area contributed by atoms with Crippen LogP contribution in [0.1, 0.15) is 18.6 Å². The second kappa shape index (κ2) is 5.67. The molecule has 0 saturated heterocycles. The van der Waals surface area contributed by atoms with Gasteiger partial charge in [0, 0.05) is 0 Å². The minimum Gasteiger partial charge on any atom is -0.456 e. The van der Waals surface area contributed by atoms with Crippen molar-refractivity contribution in [3.63, 3.8) is 0 Å². The summed E-state index contributed by atoms with van der Waals surface area (Å²) in [6.45, 7) is 1.45. The normalized spacial score (nSPS) is 12.3. The van der Waals surface area contributed by atoms with Crippen LogP contribution < -0.4 is 4.74 Å². The van der Waals surface area contributed by atoms with E-state index in [1.165, 1.54) is 37.3 Å². The average Bonchev–Trinajstić information content (AvgIpc) is 2.32. The van der Waals surface area contributed by atoms with Crippen LogP contribution in [0.25, 0.3) is 0 Å². The molecule has 0 radical (unpaired) electrons. The third-order valence-electron chi connectivity index (χ3n) is 2.54. The van der Waals surface area contributed by atoms with Crippen LogP contribution in [0, 0.1) is 11.6 Å². The number of rotatable bonds is 3. The molecule has 2 aromatic carbocycles. The third kappa shape index (κ3) is 3.11. The zero-order valence-electron chi connectivity index (χ0n) is 10.0. The highest BCUT2D eigenvalue weighted by Crippen LogP contribution is 2.35. The monoisotopic (exact) mass is 328 g/mol. The van der Waals surface area contributed by atoms with Crippen LogP contribution in [0.4, 0.5) is 8.78 Å². The Bertz CT molecular complexity index is 600. The Morgan fingerprint density at radius 2 is 1.89 bits per heavy atom. The topological polar surface area (TPSA) is 29.5 Å². The lowest BCUT2D eigenvalue weighted by Crippen LogP contribution is -2.00. The van der Waals surface area contributed by atoms with Gasteiger partial charge in [0.15, 0.2) is 0 Å². The standard InChI is InChI=1S/C14H11BrF2O2/c1-8(18)14-11(17)3-2-4-13(14)19-12-6-5-9(16)7-10(12)15/h2-8,18H,1H3. The van der Waals surface area contributed by atoms with E-state index in [2.05, 4.69) is 15.9 Å². The molecule has 19 heavy (non-hydrogen) atoms. The Morgan fingerprint density at radius 1 is 1.16 bits per heavy atom. The lowest BCUT2D eigenvalue weighted by molar-refractivity contribution is 0.190. The first kappa shape index (κ1) is 14.0. The Labute approximate surface area is 117 Å². The van der Waals surface area contributed by atoms with E-state index < -0.39 is 17.7 Å². The van der Waals surface area contributed by atoms with Crippen molar-refractivity contribution in [2.24, 2.45) is 0 Å². The van der Waals surface area contributed by atoms with Crippen molar-refractivity contribution in [1.82, 2.24) is 0 Å². The quantitative estimate of drug-likeness (QED) is 0.894. The van der Waals surface area contributed by atoms with Crippen LogP contribution in [0.2, 0.25) is 0 Å². The van der Waals surface area contributed by atoms with Gasteiger partial charge in [-0.2, -0.15) is 0 Å². The molecule has 0 saturated carbocycles. The van der Waals surface area contributed by atoms with Gasteiger partial charge in [-0.1, -0.05) is 6.07 Å². The maximum atomic E-state index is 13.7. The fourth-order valence-corrected chi connectivity index (χ4v) is 2.12. The highest BCUT2D eigenvalue weighted by atomic mass is 79.9. The molecule has 0 aliphatic rings. The van der Waals surface area contributed by atoms with Crippen LogP contribution >= 0.6 is 15.9 Å². The maximum Gasteiger partial charge on any atom is 0.141 e. The summed E-state index contributed by atoms with van der Waals surface area (Å²) in [5.74, 6) is -0.420. The van der Waals surface area contributed by atoms with E-state index in [-0.39, 0.29) is 11.3 Å². The summed E-state index contributed by atoms with van der Waals surface area (Å²) in [7, 11) is 0. The van der Waals surface area contributed by atoms with E-state index in [1.54, 1.807) is 6.07 Å². The molecular formula is C14H11BrF2O2. The number of halogens is 3. The second-order valence-electron chi connectivity index (χ2n) is 4.00. The van der Waals surface area contributed by atoms with Crippen LogP contribution in [-0.4, -0.2) is 5.11 Å². The minimum absolute atomic E-state index is 0.0683. The third-order valence-corrected chi connectivity index (χ3v) is 3.16. The first-order valence-electron chi connectivity index (χ1n) is 5.58. The van der Waals surface area contributed by atoms with E-state index in [9.17, 15) is 13.9 Å². The summed E-state index contributed by atoms with van der Waals surface area (Å²) in [4.78, 5) is 0. The molecule has 2 aromatic rings. The summed E-state index contributed by atoms with van der Waals surface area (Å²) in [5.41, 5.74) is 0.0683. The fourth-order valence-electron chi connectivity index (χ4n) is 1.69. The number of hydrogen-bond donors (Lipinski definition) is 1. The number of aliphatic hydroxyl groups is 1. The highest BCUT2D eigenvalue weighted by molar-refractivity contribution is 9.10. The van der Waals surface area contributed by atoms with E-state index in [0.29, 0.717) is 10.2 Å². The zero-order chi connectivity index (χ0) is 14.0. The van der Waals surface area contributed by atoms with Gasteiger partial charge in [0.1, 0.15) is 23.1 Å². The lowest BCUT2D eigenvalue weighted by Gasteiger charge is -2.14. The van der Waals surface area contributed by atoms with Gasteiger partial charge >= 0.3 is 0 Å². The molecule has 0 aromatic heterocycles. The molecule has 0 aliphatic carbocycles. The molecular weight excluding hydrogens is 318 g/mol. The summed E-state index contributed by atoms with van der Waals surface area (Å²) in [6, 6.07) is 8.18. The lowest BCUT2D eigenvalue weighted by atomic mass is 10.1. The number of aliphatic hydroxyl groups excluding tert-OH is 1. The van der Waals surface area contributed by atoms with Gasteiger partial charge in [0.05, 0.1) is 16.1 Å². The molecule has 2 rings (SSSR count). The van der Waals surface area contributed by atoms with Crippen molar-refractivity contribution in [1.29, 1.82) is 0 Å². The smallest absolute Gasteiger partial charge is 0.141 e. The molecule has 1 unspecified atom stereocenters. The van der Waals surface area contributed by atoms with Gasteiger partial charge in [-0.15, -0.1) is 0 Å². The molecule has 0 fully saturated rings. The molecule has 100 valence electrons. The van der Waals surface area contributed by atoms with Gasteiger partial charge in [-0.05, 0) is 53.2 Å². The fraction of sp³-hybridized carbons (Fsp3) is 0.143. The van der Waals surface area contributed by atoms with E-state index >= 15 is 0 Å². The molecule has 0 heterocycles. The van der Waals surface area contributed by atoms with Gasteiger partial charge < -0.3 is 9.84 Å². The minimum atomic E-state index is -1.00. The molecule has 2 nitrogen and oxygen atoms in total. The average molecular weight is 329 g/mol. The molecule has 0 bridgehead atoms. The Morgan fingerprint density at radius 3 is 2.53 bits per heavy atom. The van der Waals surface area contributed by atoms with Crippen molar-refractivity contribution in [3.8, 4) is 11.5 Å². The van der Waals surface area contributed by atoms with Crippen molar-refractivity contribution >= 4 is 15.9 Å². The summed E-state index contributed by atoms with van der Waals surface area (Å²) in [5, 5.41) is 9.59. The molecule has 0 spiro atoms. The van der Waals surface area contributed by atoms with Crippen LogP contribution in [0.5, 0.6) is 11.5 Å². The van der Waals surface area contributed by atoms with E-state index in [4.69, 9.17) is 4.74 Å². The number of hydrogen-bond acceptors (Lipinski definition) is 2. The van der Waals surface area contributed by atoms with E-state index in [1.807, 2.05) is 0 Å². The zero-order valence-corrected chi connectivity index (χ0v) is 11.6. The molecule has 0 aliphatic heterocycles. The predicted octanol–water partition coefficient (Wildman–Crippen LogP) is 4.57. The Hall–Kier alpha value is -1.46. The molecule has 1 N–H and O–H groups in total. The second-order valence-corrected chi connectivity index (χ2v) is 4.86. The summed E-state index contributed by atoms with van der Waals surface area (Å²) < 4.78 is 32.6. The van der Waals surface area contributed by atoms with Crippen molar-refractivity contribution < 1.29 is 18.6 Å². The van der Waals surface area contributed by atoms with Crippen molar-refractivity contribution in [2.75, 3.05) is 0 Å². The molecule has 5 heteroatoms. The van der Waals surface area contributed by atoms with Crippen LogP contribution in [0.15, 0.2) is 40.9 Å². The number of ether oxygens (including phenoxy) is 1. The Balaban J connectivity index is 2.41. The van der Waals surface area contributed by atoms with Crippen LogP contribution in [0.3, 0.4) is 0 Å². The Kier molecular flexibility index (Phi) is 4.17. The van der Waals surface area contributed by atoms with Gasteiger partial charge in [0.25, 0.3) is 0 Å². The van der Waals surface area contributed by atoms with Gasteiger partial charge in [0.2, 0.25) is 0 Å². The predicted molar refractivity (Wildman–Crippen MR) is 71.2 cm³/mol. The van der Waals surface area contributed by atoms with Crippen molar-refractivity contribution in [2.45, 2.75) is 13.0 Å². The molecule has 1 atom stereocenters. The SMILES string of the molecule is CC(O)c1c(F)cccc1Oc1ccc(F)cc1Br. The molecule has 0 amide bonds. The van der Waals surface area contributed by atoms with Crippen LogP contribution in [-0.2, 0) is 0 Å². The summed E-state index contributed by atoms with van der Waals surface area (Å²) >= 11 is 3.16. The van der Waals surface area contributed by atoms with E-state index in [0.717, 1.165) is 0 Å². The first-order valence-corrected chi connectivity index (χ1v) is 6.37. The largest absolute Gasteiger partial charge is 0.456 e. The first-order chi connectivity index (χ1) is 8.99. The highest BCUT2D eigenvalue weighted by Gasteiger charge is 2.16. The van der Waals surface area contributed by atoms with Gasteiger partial charge in [-0.25, -0.2) is 8.78 Å². The maximum absolute atomic E-state index is 13.7. The summed E-state index contributed by atoms with van der Waals surface area (Å²) in [6.07, 6.45) is -1.00.